The number of hydrogen-bond donors (Lipinski definition) is 1. The molecule has 0 saturated heterocycles. The molecule has 3 nitrogen and oxygen atoms in total. The molecule has 0 heterocycles. The van der Waals surface area contributed by atoms with Crippen LogP contribution in [0.3, 0.4) is 0 Å². The largest absolute Gasteiger partial charge is 0.325 e. The Morgan fingerprint density at radius 1 is 1.42 bits per heavy atom. The first-order valence-electron chi connectivity index (χ1n) is 4.10. The van der Waals surface area contributed by atoms with Gasteiger partial charge in [-0.05, 0) is 25.7 Å². The van der Waals surface area contributed by atoms with Crippen molar-refractivity contribution in [1.82, 2.24) is 0 Å². The highest BCUT2D eigenvalue weighted by atomic mass is 31.2. The molecule has 0 amide bonds. The van der Waals surface area contributed by atoms with Gasteiger partial charge in [-0.1, -0.05) is 0 Å². The van der Waals surface area contributed by atoms with Gasteiger partial charge >= 0.3 is 7.60 Å². The zero-order valence-corrected chi connectivity index (χ0v) is 7.97. The molecular weight excluding hydrogens is 182 g/mol. The summed E-state index contributed by atoms with van der Waals surface area (Å²) in [4.78, 5) is 8.88. The Bertz CT molecular complexity index is 183. The molecule has 12 heavy (non-hydrogen) atoms. The molecule has 0 radical (unpaired) electrons. The molecule has 0 aromatic carbocycles. The molecule has 1 fully saturated rings. The van der Waals surface area contributed by atoms with Crippen molar-refractivity contribution in [3.63, 3.8) is 0 Å². The standard InChI is InChI=1S/C7H14FO3P/c1-12(9,10)11-7-4-2-6(8)3-5-7/h6-7H,2-5H2,1H3,(H,9,10). The van der Waals surface area contributed by atoms with E-state index < -0.39 is 13.8 Å². The van der Waals surface area contributed by atoms with Crippen molar-refractivity contribution in [1.29, 1.82) is 0 Å². The van der Waals surface area contributed by atoms with Gasteiger partial charge in [-0.3, -0.25) is 4.57 Å². The molecule has 1 unspecified atom stereocenters. The molecule has 1 aliphatic rings. The summed E-state index contributed by atoms with van der Waals surface area (Å²) >= 11 is 0. The maximum atomic E-state index is 12.6. The van der Waals surface area contributed by atoms with Crippen molar-refractivity contribution in [3.8, 4) is 0 Å². The van der Waals surface area contributed by atoms with E-state index in [-0.39, 0.29) is 6.10 Å². The van der Waals surface area contributed by atoms with Crippen LogP contribution in [-0.2, 0) is 9.09 Å². The van der Waals surface area contributed by atoms with Gasteiger partial charge in [-0.2, -0.15) is 0 Å². The van der Waals surface area contributed by atoms with E-state index >= 15 is 0 Å². The summed E-state index contributed by atoms with van der Waals surface area (Å²) in [5, 5.41) is 0. The molecule has 1 N–H and O–H groups in total. The molecule has 0 aliphatic heterocycles. The fourth-order valence-electron chi connectivity index (χ4n) is 1.40. The lowest BCUT2D eigenvalue weighted by molar-refractivity contribution is 0.103. The Hall–Kier alpha value is 0.0800. The quantitative estimate of drug-likeness (QED) is 0.688. The van der Waals surface area contributed by atoms with Crippen LogP contribution in [0, 0.1) is 0 Å². The Balaban J connectivity index is 2.31. The van der Waals surface area contributed by atoms with Crippen LogP contribution in [0.25, 0.3) is 0 Å². The van der Waals surface area contributed by atoms with Crippen LogP contribution in [0.2, 0.25) is 0 Å². The third kappa shape index (κ3) is 3.65. The Labute approximate surface area is 71.5 Å². The van der Waals surface area contributed by atoms with Gasteiger partial charge in [-0.25, -0.2) is 4.39 Å². The van der Waals surface area contributed by atoms with Crippen LogP contribution < -0.4 is 0 Å². The van der Waals surface area contributed by atoms with E-state index in [9.17, 15) is 8.96 Å². The van der Waals surface area contributed by atoms with Gasteiger partial charge in [0.05, 0.1) is 6.10 Å². The molecule has 1 aliphatic carbocycles. The minimum atomic E-state index is -3.38. The van der Waals surface area contributed by atoms with E-state index in [1.807, 2.05) is 0 Å². The third-order valence-corrected chi connectivity index (χ3v) is 2.64. The zero-order valence-electron chi connectivity index (χ0n) is 7.07. The van der Waals surface area contributed by atoms with Crippen LogP contribution in [-0.4, -0.2) is 23.8 Å². The number of halogens is 1. The van der Waals surface area contributed by atoms with Gasteiger partial charge in [0.2, 0.25) is 0 Å². The summed E-state index contributed by atoms with van der Waals surface area (Å²) in [5.41, 5.74) is 0. The van der Waals surface area contributed by atoms with Crippen molar-refractivity contribution in [2.75, 3.05) is 6.66 Å². The third-order valence-electron chi connectivity index (χ3n) is 1.95. The van der Waals surface area contributed by atoms with Gasteiger partial charge in [0.15, 0.2) is 0 Å². The molecular formula is C7H14FO3P. The van der Waals surface area contributed by atoms with Crippen molar-refractivity contribution in [3.05, 3.63) is 0 Å². The fourth-order valence-corrected chi connectivity index (χ4v) is 2.17. The van der Waals surface area contributed by atoms with Crippen LogP contribution in [0.5, 0.6) is 0 Å². The average Bonchev–Trinajstić information content (AvgIpc) is 1.91. The molecule has 1 rings (SSSR count). The maximum absolute atomic E-state index is 12.6. The molecule has 1 atom stereocenters. The average molecular weight is 196 g/mol. The van der Waals surface area contributed by atoms with Crippen molar-refractivity contribution in [2.24, 2.45) is 0 Å². The van der Waals surface area contributed by atoms with Gasteiger partial charge in [0, 0.05) is 6.66 Å². The van der Waals surface area contributed by atoms with Crippen molar-refractivity contribution >= 4 is 7.60 Å². The summed E-state index contributed by atoms with van der Waals surface area (Å²) in [5.74, 6) is 0. The van der Waals surface area contributed by atoms with Crippen molar-refractivity contribution in [2.45, 2.75) is 38.0 Å². The van der Waals surface area contributed by atoms with E-state index in [2.05, 4.69) is 0 Å². The molecule has 5 heteroatoms. The van der Waals surface area contributed by atoms with Crippen LogP contribution in [0.1, 0.15) is 25.7 Å². The summed E-state index contributed by atoms with van der Waals surface area (Å²) in [7, 11) is -3.38. The van der Waals surface area contributed by atoms with Gasteiger partial charge in [0.25, 0.3) is 0 Å². The molecule has 0 aromatic rings. The summed E-state index contributed by atoms with van der Waals surface area (Å²) < 4.78 is 28.3. The summed E-state index contributed by atoms with van der Waals surface area (Å²) in [6.07, 6.45) is 1.03. The number of alkyl halides is 1. The molecule has 1 saturated carbocycles. The smallest absolute Gasteiger partial charge is 0.324 e. The topological polar surface area (TPSA) is 46.5 Å². The normalized spacial score (nSPS) is 35.9. The number of rotatable bonds is 2. The first kappa shape index (κ1) is 10.2. The number of hydrogen-bond acceptors (Lipinski definition) is 2. The van der Waals surface area contributed by atoms with Crippen LogP contribution in [0.4, 0.5) is 4.39 Å². The SMILES string of the molecule is CP(=O)(O)OC1CCC(F)CC1. The van der Waals surface area contributed by atoms with E-state index in [1.54, 1.807) is 0 Å². The van der Waals surface area contributed by atoms with Crippen molar-refractivity contribution < 1.29 is 18.4 Å². The van der Waals surface area contributed by atoms with E-state index in [1.165, 1.54) is 0 Å². The maximum Gasteiger partial charge on any atom is 0.325 e. The minimum Gasteiger partial charge on any atom is -0.324 e. The highest BCUT2D eigenvalue weighted by Gasteiger charge is 2.25. The first-order valence-corrected chi connectivity index (χ1v) is 6.12. The fraction of sp³-hybridized carbons (Fsp3) is 1.00. The summed E-state index contributed by atoms with van der Waals surface area (Å²) in [6.45, 7) is 1.16. The summed E-state index contributed by atoms with van der Waals surface area (Å²) in [6, 6.07) is 0. The van der Waals surface area contributed by atoms with Crippen LogP contribution in [0.15, 0.2) is 0 Å². The van der Waals surface area contributed by atoms with Gasteiger partial charge < -0.3 is 9.42 Å². The second kappa shape index (κ2) is 3.86. The molecule has 0 spiro atoms. The first-order chi connectivity index (χ1) is 5.47. The highest BCUT2D eigenvalue weighted by Crippen LogP contribution is 2.41. The molecule has 0 bridgehead atoms. The van der Waals surface area contributed by atoms with E-state index in [0.29, 0.717) is 25.7 Å². The van der Waals surface area contributed by atoms with E-state index in [0.717, 1.165) is 6.66 Å². The Kier molecular flexibility index (Phi) is 3.27. The lowest BCUT2D eigenvalue weighted by atomic mass is 9.96. The second-order valence-corrected chi connectivity index (χ2v) is 5.10. The van der Waals surface area contributed by atoms with Gasteiger partial charge in [0.1, 0.15) is 6.17 Å². The lowest BCUT2D eigenvalue weighted by Gasteiger charge is -2.24. The zero-order chi connectivity index (χ0) is 9.19. The molecule has 0 aromatic heterocycles. The Morgan fingerprint density at radius 3 is 2.33 bits per heavy atom. The van der Waals surface area contributed by atoms with Crippen LogP contribution >= 0.6 is 7.60 Å². The highest BCUT2D eigenvalue weighted by molar-refractivity contribution is 7.51. The minimum absolute atomic E-state index is 0.224. The Morgan fingerprint density at radius 2 is 1.92 bits per heavy atom. The second-order valence-electron chi connectivity index (χ2n) is 3.28. The van der Waals surface area contributed by atoms with E-state index in [4.69, 9.17) is 9.42 Å². The predicted molar refractivity (Wildman–Crippen MR) is 44.0 cm³/mol. The lowest BCUT2D eigenvalue weighted by Crippen LogP contribution is -2.21. The molecule has 72 valence electrons. The van der Waals surface area contributed by atoms with Gasteiger partial charge in [-0.15, -0.1) is 0 Å². The monoisotopic (exact) mass is 196 g/mol. The predicted octanol–water partition coefficient (Wildman–Crippen LogP) is 2.10.